The number of para-hydroxylation sites is 1. The summed E-state index contributed by atoms with van der Waals surface area (Å²) in [4.78, 5) is 24.7. The number of nitrogens with zero attached hydrogens (tertiary/aromatic N) is 1. The Labute approximate surface area is 150 Å². The number of hydrogen-bond donors (Lipinski definition) is 1. The predicted octanol–water partition coefficient (Wildman–Crippen LogP) is 3.26. The van der Waals surface area contributed by atoms with Crippen molar-refractivity contribution in [2.75, 3.05) is 6.61 Å². The van der Waals surface area contributed by atoms with Crippen LogP contribution in [0.25, 0.3) is 11.0 Å². The van der Waals surface area contributed by atoms with Gasteiger partial charge >= 0.3 is 0 Å². The van der Waals surface area contributed by atoms with Crippen LogP contribution in [0.2, 0.25) is 0 Å². The molecule has 0 bridgehead atoms. The van der Waals surface area contributed by atoms with E-state index in [4.69, 9.17) is 9.15 Å². The number of rotatable bonds is 5. The van der Waals surface area contributed by atoms with Crippen LogP contribution in [0.5, 0.6) is 5.75 Å². The Morgan fingerprint density at radius 3 is 2.88 bits per heavy atom. The highest BCUT2D eigenvalue weighted by atomic mass is 16.5. The number of ether oxygens (including phenoxy) is 1. The third-order valence-electron chi connectivity index (χ3n) is 3.76. The number of nitrogens with one attached hydrogen (secondary N) is 1. The molecule has 1 N–H and O–H groups in total. The fraction of sp³-hybridized carbons (Fsp3) is 0.150. The number of hydrazone groups is 1. The quantitative estimate of drug-likeness (QED) is 0.566. The first-order valence-electron chi connectivity index (χ1n) is 8.17. The predicted molar refractivity (Wildman–Crippen MR) is 99.9 cm³/mol. The van der Waals surface area contributed by atoms with Crippen LogP contribution >= 0.6 is 0 Å². The molecule has 0 aliphatic rings. The van der Waals surface area contributed by atoms with Gasteiger partial charge in [0.05, 0.1) is 29.3 Å². The van der Waals surface area contributed by atoms with Crippen molar-refractivity contribution in [1.82, 2.24) is 5.43 Å². The van der Waals surface area contributed by atoms with Crippen molar-refractivity contribution in [2.45, 2.75) is 13.8 Å². The average Bonchev–Trinajstić information content (AvgIpc) is 2.64. The smallest absolute Gasteiger partial charge is 0.275 e. The maximum atomic E-state index is 12.5. The maximum Gasteiger partial charge on any atom is 0.275 e. The van der Waals surface area contributed by atoms with Gasteiger partial charge in [0.15, 0.2) is 0 Å². The average molecular weight is 350 g/mol. The van der Waals surface area contributed by atoms with Crippen LogP contribution in [0, 0.1) is 6.92 Å². The van der Waals surface area contributed by atoms with Crippen LogP contribution in [0.15, 0.2) is 63.0 Å². The number of fused-ring (bicyclic) bond motifs is 1. The van der Waals surface area contributed by atoms with E-state index in [1.165, 1.54) is 12.5 Å². The van der Waals surface area contributed by atoms with Gasteiger partial charge in [0.2, 0.25) is 5.43 Å². The lowest BCUT2D eigenvalue weighted by molar-refractivity contribution is 0.0951. The highest BCUT2D eigenvalue weighted by Gasteiger charge is 2.11. The molecule has 0 atom stereocenters. The summed E-state index contributed by atoms with van der Waals surface area (Å²) < 4.78 is 10.9. The molecule has 0 unspecified atom stereocenters. The summed E-state index contributed by atoms with van der Waals surface area (Å²) in [6.45, 7) is 4.19. The van der Waals surface area contributed by atoms with Crippen molar-refractivity contribution in [1.29, 1.82) is 0 Å². The van der Waals surface area contributed by atoms with Crippen LogP contribution in [0.3, 0.4) is 0 Å². The summed E-state index contributed by atoms with van der Waals surface area (Å²) in [5, 5.41) is 4.34. The van der Waals surface area contributed by atoms with Crippen molar-refractivity contribution in [3.63, 3.8) is 0 Å². The molecule has 132 valence electrons. The minimum absolute atomic E-state index is 0.206. The van der Waals surface area contributed by atoms with Crippen LogP contribution in [0.1, 0.15) is 28.4 Å². The number of carbonyl (C=O) groups excluding carboxylic acids is 1. The molecule has 6 nitrogen and oxygen atoms in total. The Bertz CT molecular complexity index is 1040. The molecule has 0 radical (unpaired) electrons. The van der Waals surface area contributed by atoms with Gasteiger partial charge in [0.25, 0.3) is 5.91 Å². The second-order valence-corrected chi connectivity index (χ2v) is 5.65. The molecule has 0 saturated heterocycles. The van der Waals surface area contributed by atoms with Gasteiger partial charge in [-0.15, -0.1) is 0 Å². The van der Waals surface area contributed by atoms with Crippen LogP contribution in [-0.4, -0.2) is 18.7 Å². The first kappa shape index (κ1) is 17.4. The van der Waals surface area contributed by atoms with E-state index in [2.05, 4.69) is 10.5 Å². The molecule has 0 fully saturated rings. The lowest BCUT2D eigenvalue weighted by Crippen LogP contribution is -2.19. The molecule has 1 aromatic heterocycles. The first-order valence-corrected chi connectivity index (χ1v) is 8.17. The fourth-order valence-corrected chi connectivity index (χ4v) is 2.51. The Morgan fingerprint density at radius 1 is 1.27 bits per heavy atom. The van der Waals surface area contributed by atoms with Gasteiger partial charge in [0, 0.05) is 0 Å². The monoisotopic (exact) mass is 350 g/mol. The lowest BCUT2D eigenvalue weighted by Gasteiger charge is -2.08. The standard InChI is InChI=1S/C20H18N2O4/c1-3-25-17-7-5-4-6-15(17)20(24)22-21-11-14-12-26-18-9-8-13(2)10-16(18)19(14)23/h4-12H,3H2,1-2H3,(H,22,24). The molecule has 1 amide bonds. The fourth-order valence-electron chi connectivity index (χ4n) is 2.51. The van der Waals surface area contributed by atoms with E-state index in [1.807, 2.05) is 19.9 Å². The summed E-state index contributed by atoms with van der Waals surface area (Å²) >= 11 is 0. The highest BCUT2D eigenvalue weighted by Crippen LogP contribution is 2.17. The number of hydrogen-bond acceptors (Lipinski definition) is 5. The summed E-state index contributed by atoms with van der Waals surface area (Å²) in [6.07, 6.45) is 2.60. The van der Waals surface area contributed by atoms with Crippen molar-refractivity contribution in [3.8, 4) is 5.75 Å². The van der Waals surface area contributed by atoms with Gasteiger partial charge in [-0.25, -0.2) is 5.43 Å². The Morgan fingerprint density at radius 2 is 2.08 bits per heavy atom. The summed E-state index contributed by atoms with van der Waals surface area (Å²) in [5.74, 6) is 0.0507. The topological polar surface area (TPSA) is 80.9 Å². The Hall–Kier alpha value is -3.41. The summed E-state index contributed by atoms with van der Waals surface area (Å²) in [5.41, 5.74) is 4.28. The van der Waals surface area contributed by atoms with E-state index in [0.29, 0.717) is 28.9 Å². The van der Waals surface area contributed by atoms with Gasteiger partial charge in [-0.3, -0.25) is 9.59 Å². The minimum atomic E-state index is -0.425. The molecule has 2 aromatic carbocycles. The Balaban J connectivity index is 1.81. The molecule has 0 aliphatic heterocycles. The van der Waals surface area contributed by atoms with Gasteiger partial charge in [0.1, 0.15) is 17.6 Å². The highest BCUT2D eigenvalue weighted by molar-refractivity contribution is 5.97. The molecular formula is C20H18N2O4. The van der Waals surface area contributed by atoms with Crippen LogP contribution in [0.4, 0.5) is 0 Å². The third kappa shape index (κ3) is 3.64. The number of aryl methyl sites for hydroxylation is 1. The lowest BCUT2D eigenvalue weighted by atomic mass is 10.1. The van der Waals surface area contributed by atoms with Crippen molar-refractivity contribution in [3.05, 3.63) is 75.6 Å². The SMILES string of the molecule is CCOc1ccccc1C(=O)NN=Cc1coc2ccc(C)cc2c1=O. The Kier molecular flexibility index (Phi) is 5.12. The van der Waals surface area contributed by atoms with Crippen molar-refractivity contribution in [2.24, 2.45) is 5.10 Å². The van der Waals surface area contributed by atoms with Crippen LogP contribution < -0.4 is 15.6 Å². The zero-order valence-corrected chi connectivity index (χ0v) is 14.5. The molecule has 0 aliphatic carbocycles. The zero-order chi connectivity index (χ0) is 18.5. The molecule has 0 saturated carbocycles. The largest absolute Gasteiger partial charge is 0.493 e. The second kappa shape index (κ2) is 7.65. The normalized spacial score (nSPS) is 11.0. The minimum Gasteiger partial charge on any atom is -0.493 e. The van der Waals surface area contributed by atoms with Crippen molar-refractivity contribution < 1.29 is 13.9 Å². The molecule has 3 rings (SSSR count). The number of benzene rings is 2. The van der Waals surface area contributed by atoms with Gasteiger partial charge in [-0.05, 0) is 38.1 Å². The molecule has 0 spiro atoms. The molecular weight excluding hydrogens is 332 g/mol. The van der Waals surface area contributed by atoms with Gasteiger partial charge in [-0.2, -0.15) is 5.10 Å². The zero-order valence-electron chi connectivity index (χ0n) is 14.5. The van der Waals surface area contributed by atoms with Crippen molar-refractivity contribution >= 4 is 23.1 Å². The van der Waals surface area contributed by atoms with E-state index in [0.717, 1.165) is 5.56 Å². The summed E-state index contributed by atoms with van der Waals surface area (Å²) in [7, 11) is 0. The van der Waals surface area contributed by atoms with Gasteiger partial charge in [-0.1, -0.05) is 23.8 Å². The van der Waals surface area contributed by atoms with E-state index in [1.54, 1.807) is 36.4 Å². The summed E-state index contributed by atoms with van der Waals surface area (Å²) in [6, 6.07) is 12.3. The van der Waals surface area contributed by atoms with Crippen LogP contribution in [-0.2, 0) is 0 Å². The number of carbonyl (C=O) groups is 1. The molecule has 6 heteroatoms. The molecule has 26 heavy (non-hydrogen) atoms. The van der Waals surface area contributed by atoms with E-state index >= 15 is 0 Å². The van der Waals surface area contributed by atoms with Gasteiger partial charge < -0.3 is 9.15 Å². The first-order chi connectivity index (χ1) is 12.6. The van der Waals surface area contributed by atoms with E-state index < -0.39 is 5.91 Å². The third-order valence-corrected chi connectivity index (χ3v) is 3.76. The number of amides is 1. The molecule has 1 heterocycles. The van der Waals surface area contributed by atoms with E-state index in [-0.39, 0.29) is 11.0 Å². The van der Waals surface area contributed by atoms with E-state index in [9.17, 15) is 9.59 Å². The molecule has 3 aromatic rings. The second-order valence-electron chi connectivity index (χ2n) is 5.65. The maximum absolute atomic E-state index is 12.5.